The third kappa shape index (κ3) is 7.99. The number of hydrogen-bond acceptors (Lipinski definition) is 9. The van der Waals surface area contributed by atoms with E-state index in [1.54, 1.807) is 0 Å². The van der Waals surface area contributed by atoms with Crippen molar-refractivity contribution in [2.75, 3.05) is 6.61 Å². The molecule has 1 heterocycles. The molecule has 10 heteroatoms. The summed E-state index contributed by atoms with van der Waals surface area (Å²) in [6, 6.07) is 0. The van der Waals surface area contributed by atoms with Gasteiger partial charge in [0, 0.05) is 31.6 Å². The van der Waals surface area contributed by atoms with Crippen LogP contribution in [0.25, 0.3) is 0 Å². The van der Waals surface area contributed by atoms with E-state index < -0.39 is 54.4 Å². The zero-order valence-corrected chi connectivity index (χ0v) is 18.1. The van der Waals surface area contributed by atoms with Gasteiger partial charge in [-0.2, -0.15) is 0 Å². The van der Waals surface area contributed by atoms with Crippen LogP contribution >= 0.6 is 22.6 Å². The Bertz CT molecular complexity index is 563. The maximum atomic E-state index is 11.6. The van der Waals surface area contributed by atoms with Crippen LogP contribution in [-0.2, 0) is 42.9 Å². The minimum Gasteiger partial charge on any atom is -0.463 e. The maximum Gasteiger partial charge on any atom is 0.303 e. The fraction of sp³-hybridized carbons (Fsp3) is 0.765. The largest absolute Gasteiger partial charge is 0.463 e. The molecule has 0 radical (unpaired) electrons. The summed E-state index contributed by atoms with van der Waals surface area (Å²) in [5.41, 5.74) is 0. The minimum atomic E-state index is -1.10. The summed E-state index contributed by atoms with van der Waals surface area (Å²) in [6.45, 7) is 6.58. The van der Waals surface area contributed by atoms with Crippen LogP contribution in [0.5, 0.6) is 0 Å². The third-order valence-corrected chi connectivity index (χ3v) is 4.15. The van der Waals surface area contributed by atoms with Gasteiger partial charge in [-0.25, -0.2) is 0 Å². The fourth-order valence-corrected chi connectivity index (χ4v) is 3.33. The molecular weight excluding hydrogens is 475 g/mol. The summed E-state index contributed by atoms with van der Waals surface area (Å²) >= 11 is 2.19. The van der Waals surface area contributed by atoms with Crippen LogP contribution in [0.2, 0.25) is 0 Å². The Morgan fingerprint density at radius 2 is 1.26 bits per heavy atom. The van der Waals surface area contributed by atoms with Gasteiger partial charge in [-0.1, -0.05) is 29.5 Å². The molecule has 0 aromatic rings. The fourth-order valence-electron chi connectivity index (χ4n) is 2.83. The van der Waals surface area contributed by atoms with Gasteiger partial charge >= 0.3 is 23.9 Å². The SMILES string of the molecule is CC(=O)OC[C@H]1O[C@@H](C[C@@H](C)I)[C@H](OC(C)=O)[C@@H](OC(C)=O)[C@@H]1OC(C)=O. The predicted molar refractivity (Wildman–Crippen MR) is 100 cm³/mol. The van der Waals surface area contributed by atoms with Crippen molar-refractivity contribution < 1.29 is 42.9 Å². The van der Waals surface area contributed by atoms with Crippen molar-refractivity contribution in [3.63, 3.8) is 0 Å². The molecule has 0 aromatic heterocycles. The van der Waals surface area contributed by atoms with Crippen LogP contribution in [0.1, 0.15) is 41.0 Å². The van der Waals surface area contributed by atoms with Gasteiger partial charge < -0.3 is 23.7 Å². The van der Waals surface area contributed by atoms with Gasteiger partial charge in [-0.05, 0) is 6.42 Å². The van der Waals surface area contributed by atoms with E-state index in [0.29, 0.717) is 6.42 Å². The number of carbonyl (C=O) groups excluding carboxylic acids is 4. The number of ether oxygens (including phenoxy) is 5. The van der Waals surface area contributed by atoms with E-state index >= 15 is 0 Å². The number of rotatable bonds is 7. The highest BCUT2D eigenvalue weighted by Gasteiger charge is 2.52. The topological polar surface area (TPSA) is 114 Å². The van der Waals surface area contributed by atoms with Crippen LogP contribution in [-0.4, -0.2) is 64.9 Å². The van der Waals surface area contributed by atoms with Gasteiger partial charge in [-0.15, -0.1) is 0 Å². The summed E-state index contributed by atoms with van der Waals surface area (Å²) in [5, 5.41) is 0. The molecule has 0 saturated carbocycles. The Morgan fingerprint density at radius 3 is 1.67 bits per heavy atom. The lowest BCUT2D eigenvalue weighted by molar-refractivity contribution is -0.253. The number of alkyl halides is 1. The number of halogens is 1. The highest BCUT2D eigenvalue weighted by atomic mass is 127. The molecule has 1 fully saturated rings. The monoisotopic (exact) mass is 500 g/mol. The second-order valence-electron chi connectivity index (χ2n) is 6.25. The maximum absolute atomic E-state index is 11.6. The summed E-state index contributed by atoms with van der Waals surface area (Å²) in [7, 11) is 0. The molecular formula is C17H25IO9. The minimum absolute atomic E-state index is 0.142. The number of carbonyl (C=O) groups is 4. The van der Waals surface area contributed by atoms with Gasteiger partial charge in [0.25, 0.3) is 0 Å². The van der Waals surface area contributed by atoms with E-state index in [0.717, 1.165) is 0 Å². The van der Waals surface area contributed by atoms with E-state index in [9.17, 15) is 19.2 Å². The molecule has 1 rings (SSSR count). The van der Waals surface area contributed by atoms with E-state index in [1.807, 2.05) is 6.92 Å². The molecule has 0 N–H and O–H groups in total. The van der Waals surface area contributed by atoms with Gasteiger partial charge in [0.1, 0.15) is 18.8 Å². The first kappa shape index (κ1) is 23.6. The highest BCUT2D eigenvalue weighted by molar-refractivity contribution is 14.1. The highest BCUT2D eigenvalue weighted by Crippen LogP contribution is 2.32. The molecule has 0 spiro atoms. The average molecular weight is 500 g/mol. The molecule has 154 valence electrons. The standard InChI is InChI=1S/C17H25IO9/c1-8(18)6-13-15(24-10(3)20)17(26-12(5)22)16(25-11(4)21)14(27-13)7-23-9(2)19/h8,13-17H,6-7H2,1-5H3/t8-,13+,14-,15+,16-,17-/m1/s1. The van der Waals surface area contributed by atoms with E-state index in [4.69, 9.17) is 23.7 Å². The average Bonchev–Trinajstić information content (AvgIpc) is 2.49. The van der Waals surface area contributed by atoms with Crippen LogP contribution in [0.4, 0.5) is 0 Å². The molecule has 0 aliphatic carbocycles. The van der Waals surface area contributed by atoms with Crippen molar-refractivity contribution in [2.45, 2.75) is 75.5 Å². The van der Waals surface area contributed by atoms with E-state index in [2.05, 4.69) is 22.6 Å². The Balaban J connectivity index is 3.27. The van der Waals surface area contributed by atoms with E-state index in [1.165, 1.54) is 27.7 Å². The Hall–Kier alpha value is -1.43. The Morgan fingerprint density at radius 1 is 0.815 bits per heavy atom. The molecule has 0 unspecified atom stereocenters. The zero-order valence-electron chi connectivity index (χ0n) is 15.9. The molecule has 0 bridgehead atoms. The van der Waals surface area contributed by atoms with Crippen molar-refractivity contribution >= 4 is 46.5 Å². The van der Waals surface area contributed by atoms with Crippen LogP contribution in [0, 0.1) is 0 Å². The van der Waals surface area contributed by atoms with Gasteiger partial charge in [-0.3, -0.25) is 19.2 Å². The van der Waals surface area contributed by atoms with E-state index in [-0.39, 0.29) is 10.5 Å². The quantitative estimate of drug-likeness (QED) is 0.221. The lowest BCUT2D eigenvalue weighted by Crippen LogP contribution is -2.62. The molecule has 9 nitrogen and oxygen atoms in total. The van der Waals surface area contributed by atoms with Gasteiger partial charge in [0.2, 0.25) is 0 Å². The summed E-state index contributed by atoms with van der Waals surface area (Å²) in [4.78, 5) is 46.0. The number of hydrogen-bond donors (Lipinski definition) is 0. The summed E-state index contributed by atoms with van der Waals surface area (Å²) in [6.07, 6.45) is -4.21. The van der Waals surface area contributed by atoms with Crippen LogP contribution < -0.4 is 0 Å². The molecule has 1 saturated heterocycles. The molecule has 1 aliphatic rings. The predicted octanol–water partition coefficient (Wildman–Crippen LogP) is 1.33. The van der Waals surface area contributed by atoms with Crippen molar-refractivity contribution in [1.82, 2.24) is 0 Å². The van der Waals surface area contributed by atoms with Crippen molar-refractivity contribution in [3.8, 4) is 0 Å². The number of esters is 4. The Labute approximate surface area is 171 Å². The van der Waals surface area contributed by atoms with Crippen LogP contribution in [0.3, 0.4) is 0 Å². The molecule has 27 heavy (non-hydrogen) atoms. The zero-order chi connectivity index (χ0) is 20.7. The molecule has 0 aromatic carbocycles. The van der Waals surface area contributed by atoms with Crippen molar-refractivity contribution in [3.05, 3.63) is 0 Å². The first-order valence-electron chi connectivity index (χ1n) is 8.45. The van der Waals surface area contributed by atoms with Crippen molar-refractivity contribution in [2.24, 2.45) is 0 Å². The normalized spacial score (nSPS) is 28.6. The smallest absolute Gasteiger partial charge is 0.303 e. The lowest BCUT2D eigenvalue weighted by Gasteiger charge is -2.44. The first-order valence-corrected chi connectivity index (χ1v) is 9.70. The molecule has 6 atom stereocenters. The summed E-state index contributed by atoms with van der Waals surface area (Å²) < 4.78 is 27.1. The first-order chi connectivity index (χ1) is 12.5. The third-order valence-electron chi connectivity index (χ3n) is 3.64. The molecule has 1 aliphatic heterocycles. The van der Waals surface area contributed by atoms with Crippen LogP contribution in [0.15, 0.2) is 0 Å². The second-order valence-corrected chi connectivity index (χ2v) is 8.38. The Kier molecular flexibility index (Phi) is 9.43. The lowest BCUT2D eigenvalue weighted by atomic mass is 9.92. The van der Waals surface area contributed by atoms with Gasteiger partial charge in [0.05, 0.1) is 0 Å². The van der Waals surface area contributed by atoms with Crippen molar-refractivity contribution in [1.29, 1.82) is 0 Å². The second kappa shape index (κ2) is 10.8. The molecule has 0 amide bonds. The van der Waals surface area contributed by atoms with Gasteiger partial charge in [0.15, 0.2) is 18.3 Å². The summed E-state index contributed by atoms with van der Waals surface area (Å²) in [5.74, 6) is -2.41.